The number of benzene rings is 1. The van der Waals surface area contributed by atoms with Gasteiger partial charge in [0.05, 0.1) is 35.4 Å². The SMILES string of the molecule is C[C@@H](O)c1cnc2ccc(/C=C/CC(=O)OC(C)(C)C)cc2n1. The Kier molecular flexibility index (Phi) is 5.11. The number of hydrogen-bond acceptors (Lipinski definition) is 5. The van der Waals surface area contributed by atoms with E-state index >= 15 is 0 Å². The molecule has 0 spiro atoms. The third kappa shape index (κ3) is 5.14. The summed E-state index contributed by atoms with van der Waals surface area (Å²) in [6.45, 7) is 7.18. The lowest BCUT2D eigenvalue weighted by atomic mass is 10.1. The van der Waals surface area contributed by atoms with E-state index in [4.69, 9.17) is 4.74 Å². The van der Waals surface area contributed by atoms with Crippen LogP contribution in [0.15, 0.2) is 30.5 Å². The number of ether oxygens (including phenoxy) is 1. The van der Waals surface area contributed by atoms with Crippen LogP contribution in [0, 0.1) is 0 Å². The number of hydrogen-bond donors (Lipinski definition) is 1. The van der Waals surface area contributed by atoms with Crippen molar-refractivity contribution < 1.29 is 14.6 Å². The van der Waals surface area contributed by atoms with Crippen LogP contribution in [0.2, 0.25) is 0 Å². The number of esters is 1. The van der Waals surface area contributed by atoms with Gasteiger partial charge in [0.2, 0.25) is 0 Å². The number of aliphatic hydroxyl groups excluding tert-OH is 1. The molecule has 0 amide bonds. The van der Waals surface area contributed by atoms with Crippen LogP contribution < -0.4 is 0 Å². The van der Waals surface area contributed by atoms with Gasteiger partial charge in [0.15, 0.2) is 0 Å². The van der Waals surface area contributed by atoms with E-state index < -0.39 is 11.7 Å². The van der Waals surface area contributed by atoms with Crippen molar-refractivity contribution in [1.29, 1.82) is 0 Å². The summed E-state index contributed by atoms with van der Waals surface area (Å²) < 4.78 is 5.25. The quantitative estimate of drug-likeness (QED) is 0.875. The molecule has 0 saturated carbocycles. The molecule has 0 aliphatic heterocycles. The molecule has 0 aliphatic carbocycles. The summed E-state index contributed by atoms with van der Waals surface area (Å²) in [7, 11) is 0. The average molecular weight is 314 g/mol. The van der Waals surface area contributed by atoms with Gasteiger partial charge in [0.25, 0.3) is 0 Å². The van der Waals surface area contributed by atoms with Crippen molar-refractivity contribution >= 4 is 23.1 Å². The van der Waals surface area contributed by atoms with Gasteiger partial charge in [-0.3, -0.25) is 9.78 Å². The van der Waals surface area contributed by atoms with Gasteiger partial charge < -0.3 is 9.84 Å². The Hall–Kier alpha value is -2.27. The largest absolute Gasteiger partial charge is 0.460 e. The molecule has 1 aromatic carbocycles. The molecule has 0 saturated heterocycles. The van der Waals surface area contributed by atoms with Crippen LogP contribution in [0.4, 0.5) is 0 Å². The first kappa shape index (κ1) is 17.1. The van der Waals surface area contributed by atoms with Crippen molar-refractivity contribution in [2.45, 2.75) is 45.8 Å². The Balaban J connectivity index is 2.11. The van der Waals surface area contributed by atoms with Gasteiger partial charge in [-0.2, -0.15) is 0 Å². The molecule has 23 heavy (non-hydrogen) atoms. The fourth-order valence-electron chi connectivity index (χ4n) is 2.02. The van der Waals surface area contributed by atoms with Crippen LogP contribution in [0.1, 0.15) is 51.5 Å². The van der Waals surface area contributed by atoms with E-state index in [-0.39, 0.29) is 12.4 Å². The first-order chi connectivity index (χ1) is 10.7. The molecule has 1 heterocycles. The monoisotopic (exact) mass is 314 g/mol. The number of carbonyl (C=O) groups is 1. The molecule has 1 N–H and O–H groups in total. The summed E-state index contributed by atoms with van der Waals surface area (Å²) in [5.74, 6) is -0.259. The molecule has 122 valence electrons. The highest BCUT2D eigenvalue weighted by Crippen LogP contribution is 2.17. The van der Waals surface area contributed by atoms with Crippen molar-refractivity contribution in [3.05, 3.63) is 41.7 Å². The normalized spacial score (nSPS) is 13.4. The molecule has 1 aromatic heterocycles. The van der Waals surface area contributed by atoms with Gasteiger partial charge in [-0.05, 0) is 45.4 Å². The molecule has 0 bridgehead atoms. The lowest BCUT2D eigenvalue weighted by molar-refractivity contribution is -0.153. The van der Waals surface area contributed by atoms with E-state index in [0.717, 1.165) is 11.1 Å². The number of fused-ring (bicyclic) bond motifs is 1. The summed E-state index contributed by atoms with van der Waals surface area (Å²) in [4.78, 5) is 20.3. The Bertz CT molecular complexity index is 731. The molecule has 1 atom stereocenters. The second-order valence-corrected chi connectivity index (χ2v) is 6.41. The molecule has 2 aromatic rings. The molecule has 5 heteroatoms. The van der Waals surface area contributed by atoms with E-state index in [1.165, 1.54) is 0 Å². The number of aliphatic hydroxyl groups is 1. The standard InChI is InChI=1S/C18H22N2O3/c1-12(21)16-11-19-14-9-8-13(10-15(14)20-16)6-5-7-17(22)23-18(2,3)4/h5-6,8-12,21H,7H2,1-4H3/b6-5+/t12-/m1/s1. The van der Waals surface area contributed by atoms with Crippen molar-refractivity contribution in [1.82, 2.24) is 9.97 Å². The van der Waals surface area contributed by atoms with Crippen LogP contribution in [0.3, 0.4) is 0 Å². The first-order valence-corrected chi connectivity index (χ1v) is 7.58. The maximum Gasteiger partial charge on any atom is 0.310 e. The zero-order valence-corrected chi connectivity index (χ0v) is 13.9. The number of carbonyl (C=O) groups excluding carboxylic acids is 1. The Labute approximate surface area is 136 Å². The predicted molar refractivity (Wildman–Crippen MR) is 89.7 cm³/mol. The summed E-state index contributed by atoms with van der Waals surface area (Å²) in [5, 5.41) is 9.58. The minimum atomic E-state index is -0.654. The minimum absolute atomic E-state index is 0.217. The first-order valence-electron chi connectivity index (χ1n) is 7.58. The van der Waals surface area contributed by atoms with Crippen molar-refractivity contribution in [3.63, 3.8) is 0 Å². The topological polar surface area (TPSA) is 72.3 Å². The molecule has 0 radical (unpaired) electrons. The highest BCUT2D eigenvalue weighted by Gasteiger charge is 2.14. The van der Waals surface area contributed by atoms with Crippen molar-refractivity contribution in [2.24, 2.45) is 0 Å². The van der Waals surface area contributed by atoms with E-state index in [1.54, 1.807) is 19.2 Å². The summed E-state index contributed by atoms with van der Waals surface area (Å²) in [6, 6.07) is 5.64. The maximum absolute atomic E-state index is 11.7. The summed E-state index contributed by atoms with van der Waals surface area (Å²) in [6.07, 6.45) is 4.75. The van der Waals surface area contributed by atoms with E-state index in [2.05, 4.69) is 9.97 Å². The lowest BCUT2D eigenvalue weighted by Crippen LogP contribution is -2.23. The maximum atomic E-state index is 11.7. The van der Waals surface area contributed by atoms with Crippen LogP contribution in [0.5, 0.6) is 0 Å². The second-order valence-electron chi connectivity index (χ2n) is 6.41. The van der Waals surface area contributed by atoms with Gasteiger partial charge in [-0.25, -0.2) is 4.98 Å². The van der Waals surface area contributed by atoms with Gasteiger partial charge in [0.1, 0.15) is 5.60 Å². The number of nitrogens with zero attached hydrogens (tertiary/aromatic N) is 2. The van der Waals surface area contributed by atoms with Crippen molar-refractivity contribution in [3.8, 4) is 0 Å². The molecular weight excluding hydrogens is 292 g/mol. The van der Waals surface area contributed by atoms with E-state index in [9.17, 15) is 9.90 Å². The fourth-order valence-corrected chi connectivity index (χ4v) is 2.02. The Morgan fingerprint density at radius 2 is 2.09 bits per heavy atom. The molecule has 0 aliphatic rings. The summed E-state index contributed by atoms with van der Waals surface area (Å²) >= 11 is 0. The molecule has 0 fully saturated rings. The molecular formula is C18H22N2O3. The van der Waals surface area contributed by atoms with Crippen LogP contribution >= 0.6 is 0 Å². The highest BCUT2D eigenvalue weighted by molar-refractivity contribution is 5.78. The summed E-state index contributed by atoms with van der Waals surface area (Å²) in [5.41, 5.74) is 2.45. The van der Waals surface area contributed by atoms with Gasteiger partial charge in [-0.15, -0.1) is 0 Å². The van der Waals surface area contributed by atoms with Crippen LogP contribution in [0.25, 0.3) is 17.1 Å². The fraction of sp³-hybridized carbons (Fsp3) is 0.389. The smallest absolute Gasteiger partial charge is 0.310 e. The minimum Gasteiger partial charge on any atom is -0.460 e. The Morgan fingerprint density at radius 3 is 2.74 bits per heavy atom. The van der Waals surface area contributed by atoms with Crippen LogP contribution in [-0.4, -0.2) is 26.6 Å². The van der Waals surface area contributed by atoms with Gasteiger partial charge in [0, 0.05) is 0 Å². The average Bonchev–Trinajstić information content (AvgIpc) is 2.44. The third-order valence-electron chi connectivity index (χ3n) is 3.03. The Morgan fingerprint density at radius 1 is 1.35 bits per heavy atom. The number of aromatic nitrogens is 2. The van der Waals surface area contributed by atoms with E-state index in [1.807, 2.05) is 45.0 Å². The van der Waals surface area contributed by atoms with Gasteiger partial charge >= 0.3 is 5.97 Å². The van der Waals surface area contributed by atoms with E-state index in [0.29, 0.717) is 11.2 Å². The van der Waals surface area contributed by atoms with Crippen LogP contribution in [-0.2, 0) is 9.53 Å². The zero-order valence-electron chi connectivity index (χ0n) is 13.9. The highest BCUT2D eigenvalue weighted by atomic mass is 16.6. The second kappa shape index (κ2) is 6.87. The van der Waals surface area contributed by atoms with Gasteiger partial charge in [-0.1, -0.05) is 18.2 Å². The lowest BCUT2D eigenvalue weighted by Gasteiger charge is -2.18. The molecule has 5 nitrogen and oxygen atoms in total. The molecule has 2 rings (SSSR count). The van der Waals surface area contributed by atoms with Crippen molar-refractivity contribution in [2.75, 3.05) is 0 Å². The third-order valence-corrected chi connectivity index (χ3v) is 3.03. The molecule has 0 unspecified atom stereocenters. The zero-order chi connectivity index (χ0) is 17.0. The number of rotatable bonds is 4. The predicted octanol–water partition coefficient (Wildman–Crippen LogP) is 3.43.